The van der Waals surface area contributed by atoms with Crippen molar-refractivity contribution in [1.29, 1.82) is 0 Å². The molecule has 0 bridgehead atoms. The quantitative estimate of drug-likeness (QED) is 0.747. The molecule has 0 aliphatic heterocycles. The molecule has 0 aliphatic carbocycles. The van der Waals surface area contributed by atoms with Gasteiger partial charge in [0.25, 0.3) is 0 Å². The second-order valence-electron chi connectivity index (χ2n) is 3.47. The molecule has 17 heavy (non-hydrogen) atoms. The predicted molar refractivity (Wildman–Crippen MR) is 66.0 cm³/mol. The van der Waals surface area contributed by atoms with Crippen molar-refractivity contribution < 1.29 is 13.5 Å². The van der Waals surface area contributed by atoms with Crippen molar-refractivity contribution in [2.24, 2.45) is 0 Å². The van der Waals surface area contributed by atoms with Crippen molar-refractivity contribution in [2.75, 3.05) is 7.11 Å². The SMILES string of the molecule is COc1ccc(-c2cc(F)c(F)cc2Br)cc1. The summed E-state index contributed by atoms with van der Waals surface area (Å²) in [5.74, 6) is -1.01. The molecular formula is C13H9BrF2O. The van der Waals surface area contributed by atoms with Gasteiger partial charge < -0.3 is 4.74 Å². The number of ether oxygens (including phenoxy) is 1. The lowest BCUT2D eigenvalue weighted by Gasteiger charge is -2.07. The fourth-order valence-corrected chi connectivity index (χ4v) is 2.06. The second-order valence-corrected chi connectivity index (χ2v) is 4.33. The Hall–Kier alpha value is -1.42. The van der Waals surface area contributed by atoms with Gasteiger partial charge in [-0.3, -0.25) is 0 Å². The van der Waals surface area contributed by atoms with Crippen LogP contribution in [0.25, 0.3) is 11.1 Å². The summed E-state index contributed by atoms with van der Waals surface area (Å²) in [6, 6.07) is 9.40. The van der Waals surface area contributed by atoms with Gasteiger partial charge in [-0.05, 0) is 35.4 Å². The van der Waals surface area contributed by atoms with Crippen molar-refractivity contribution in [1.82, 2.24) is 0 Å². The predicted octanol–water partition coefficient (Wildman–Crippen LogP) is 4.40. The Kier molecular flexibility index (Phi) is 3.43. The van der Waals surface area contributed by atoms with Gasteiger partial charge in [0, 0.05) is 4.47 Å². The molecule has 0 saturated heterocycles. The Labute approximate surface area is 106 Å². The largest absolute Gasteiger partial charge is 0.497 e. The van der Waals surface area contributed by atoms with E-state index >= 15 is 0 Å². The van der Waals surface area contributed by atoms with Gasteiger partial charge in [0.1, 0.15) is 5.75 Å². The van der Waals surface area contributed by atoms with E-state index in [9.17, 15) is 8.78 Å². The molecule has 0 aliphatic rings. The summed E-state index contributed by atoms with van der Waals surface area (Å²) in [6.45, 7) is 0. The number of rotatable bonds is 2. The van der Waals surface area contributed by atoms with E-state index in [2.05, 4.69) is 15.9 Å². The maximum absolute atomic E-state index is 13.2. The lowest BCUT2D eigenvalue weighted by Crippen LogP contribution is -1.88. The third-order valence-corrected chi connectivity index (χ3v) is 3.07. The molecule has 1 nitrogen and oxygen atoms in total. The lowest BCUT2D eigenvalue weighted by atomic mass is 10.1. The molecule has 0 atom stereocenters. The molecule has 0 spiro atoms. The highest BCUT2D eigenvalue weighted by Crippen LogP contribution is 2.31. The van der Waals surface area contributed by atoms with Crippen LogP contribution in [-0.4, -0.2) is 7.11 Å². The lowest BCUT2D eigenvalue weighted by molar-refractivity contribution is 0.415. The molecule has 2 aromatic carbocycles. The Morgan fingerprint density at radius 3 is 2.18 bits per heavy atom. The van der Waals surface area contributed by atoms with Crippen LogP contribution >= 0.6 is 15.9 Å². The van der Waals surface area contributed by atoms with Gasteiger partial charge in [-0.1, -0.05) is 28.1 Å². The van der Waals surface area contributed by atoms with Crippen LogP contribution in [0.4, 0.5) is 8.78 Å². The maximum atomic E-state index is 13.2. The minimum Gasteiger partial charge on any atom is -0.497 e. The Morgan fingerprint density at radius 2 is 1.59 bits per heavy atom. The van der Waals surface area contributed by atoms with Crippen molar-refractivity contribution in [3.63, 3.8) is 0 Å². The Balaban J connectivity index is 2.48. The highest BCUT2D eigenvalue weighted by atomic mass is 79.9. The van der Waals surface area contributed by atoms with E-state index in [-0.39, 0.29) is 0 Å². The van der Waals surface area contributed by atoms with E-state index in [4.69, 9.17) is 4.74 Å². The minimum absolute atomic E-state index is 0.515. The zero-order valence-corrected chi connectivity index (χ0v) is 10.6. The fraction of sp³-hybridized carbons (Fsp3) is 0.0769. The Bertz CT molecular complexity index is 538. The summed E-state index contributed by atoms with van der Waals surface area (Å²) in [7, 11) is 1.57. The topological polar surface area (TPSA) is 9.23 Å². The van der Waals surface area contributed by atoms with Crippen molar-refractivity contribution >= 4 is 15.9 Å². The summed E-state index contributed by atoms with van der Waals surface area (Å²) in [5.41, 5.74) is 1.39. The molecular weight excluding hydrogens is 290 g/mol. The average molecular weight is 299 g/mol. The van der Waals surface area contributed by atoms with Crippen LogP contribution < -0.4 is 4.74 Å². The summed E-state index contributed by atoms with van der Waals surface area (Å²) < 4.78 is 31.7. The third kappa shape index (κ3) is 2.47. The number of hydrogen-bond donors (Lipinski definition) is 0. The molecule has 0 fully saturated rings. The van der Waals surface area contributed by atoms with Crippen LogP contribution in [0.2, 0.25) is 0 Å². The molecule has 0 radical (unpaired) electrons. The van der Waals surface area contributed by atoms with Gasteiger partial charge in [-0.25, -0.2) is 8.78 Å². The van der Waals surface area contributed by atoms with Crippen molar-refractivity contribution in [3.05, 3.63) is 52.5 Å². The van der Waals surface area contributed by atoms with Gasteiger partial charge >= 0.3 is 0 Å². The van der Waals surface area contributed by atoms with Crippen LogP contribution in [0.5, 0.6) is 5.75 Å². The van der Waals surface area contributed by atoms with Gasteiger partial charge in [0.15, 0.2) is 11.6 Å². The number of methoxy groups -OCH3 is 1. The van der Waals surface area contributed by atoms with Crippen molar-refractivity contribution in [2.45, 2.75) is 0 Å². The zero-order valence-electron chi connectivity index (χ0n) is 9.01. The third-order valence-electron chi connectivity index (χ3n) is 2.41. The summed E-state index contributed by atoms with van der Waals surface area (Å²) >= 11 is 3.22. The van der Waals surface area contributed by atoms with E-state index in [1.165, 1.54) is 6.07 Å². The molecule has 0 N–H and O–H groups in total. The first-order valence-corrected chi connectivity index (χ1v) is 5.70. The summed E-state index contributed by atoms with van der Waals surface area (Å²) in [6.07, 6.45) is 0. The number of hydrogen-bond acceptors (Lipinski definition) is 1. The van der Waals surface area contributed by atoms with E-state index in [1.807, 2.05) is 0 Å². The van der Waals surface area contributed by atoms with Crippen molar-refractivity contribution in [3.8, 4) is 16.9 Å². The second kappa shape index (κ2) is 4.84. The molecule has 0 aromatic heterocycles. The van der Waals surface area contributed by atoms with Gasteiger partial charge in [0.05, 0.1) is 7.11 Å². The summed E-state index contributed by atoms with van der Waals surface area (Å²) in [5, 5.41) is 0. The number of halogens is 3. The molecule has 0 unspecified atom stereocenters. The van der Waals surface area contributed by atoms with Crippen LogP contribution in [0, 0.1) is 11.6 Å². The van der Waals surface area contributed by atoms with Gasteiger partial charge in [-0.15, -0.1) is 0 Å². The Morgan fingerprint density at radius 1 is 1.00 bits per heavy atom. The highest BCUT2D eigenvalue weighted by molar-refractivity contribution is 9.10. The first-order chi connectivity index (χ1) is 8.11. The normalized spacial score (nSPS) is 10.4. The van der Waals surface area contributed by atoms with E-state index < -0.39 is 11.6 Å². The molecule has 0 amide bonds. The molecule has 88 valence electrons. The van der Waals surface area contributed by atoms with Gasteiger partial charge in [-0.2, -0.15) is 0 Å². The van der Waals surface area contributed by atoms with E-state index in [0.717, 1.165) is 11.6 Å². The fourth-order valence-electron chi connectivity index (χ4n) is 1.51. The first-order valence-electron chi connectivity index (χ1n) is 4.91. The van der Waals surface area contributed by atoms with E-state index in [1.54, 1.807) is 31.4 Å². The molecule has 2 rings (SSSR count). The monoisotopic (exact) mass is 298 g/mol. The number of benzene rings is 2. The zero-order chi connectivity index (χ0) is 12.4. The molecule has 2 aromatic rings. The smallest absolute Gasteiger partial charge is 0.159 e. The highest BCUT2D eigenvalue weighted by Gasteiger charge is 2.09. The molecule has 4 heteroatoms. The van der Waals surface area contributed by atoms with Crippen LogP contribution in [0.15, 0.2) is 40.9 Å². The van der Waals surface area contributed by atoms with E-state index in [0.29, 0.717) is 15.8 Å². The minimum atomic E-state index is -0.867. The van der Waals surface area contributed by atoms with Crippen LogP contribution in [0.3, 0.4) is 0 Å². The molecule has 0 saturated carbocycles. The molecule has 0 heterocycles. The van der Waals surface area contributed by atoms with Crippen LogP contribution in [-0.2, 0) is 0 Å². The average Bonchev–Trinajstić information content (AvgIpc) is 2.34. The summed E-state index contributed by atoms with van der Waals surface area (Å²) in [4.78, 5) is 0. The van der Waals surface area contributed by atoms with Gasteiger partial charge in [0.2, 0.25) is 0 Å². The first kappa shape index (κ1) is 12.0. The standard InChI is InChI=1S/C13H9BrF2O/c1-17-9-4-2-8(3-5-9)10-6-12(15)13(16)7-11(10)14/h2-7H,1H3. The maximum Gasteiger partial charge on any atom is 0.159 e. The van der Waals surface area contributed by atoms with Crippen LogP contribution in [0.1, 0.15) is 0 Å².